The van der Waals surface area contributed by atoms with Gasteiger partial charge >= 0.3 is 0 Å². The third kappa shape index (κ3) is 4.07. The fraction of sp³-hybridized carbons (Fsp3) is 0.400. The molecular formula is C15H18FN3O2S. The molecule has 2 amide bonds. The molecule has 0 saturated heterocycles. The Morgan fingerprint density at radius 3 is 2.55 bits per heavy atom. The lowest BCUT2D eigenvalue weighted by atomic mass is 10.2. The number of carbonyl (C=O) groups is 2. The van der Waals surface area contributed by atoms with E-state index in [1.54, 1.807) is 0 Å². The average molecular weight is 323 g/mol. The molecule has 1 aromatic rings. The number of aliphatic imine (C=N–C) groups is 1. The normalized spacial score (nSPS) is 17.3. The van der Waals surface area contributed by atoms with Crippen molar-refractivity contribution in [3.63, 3.8) is 0 Å². The van der Waals surface area contributed by atoms with E-state index in [-0.39, 0.29) is 24.1 Å². The van der Waals surface area contributed by atoms with Crippen molar-refractivity contribution in [3.8, 4) is 0 Å². The van der Waals surface area contributed by atoms with Gasteiger partial charge in [0, 0.05) is 25.2 Å². The number of hydrogen-bond acceptors (Lipinski definition) is 4. The van der Waals surface area contributed by atoms with Gasteiger partial charge in [-0.05, 0) is 38.1 Å². The van der Waals surface area contributed by atoms with Crippen LogP contribution in [0.1, 0.15) is 20.3 Å². The fourth-order valence-corrected chi connectivity index (χ4v) is 3.24. The Hall–Kier alpha value is -1.89. The van der Waals surface area contributed by atoms with Gasteiger partial charge < -0.3 is 10.2 Å². The Balaban J connectivity index is 1.90. The van der Waals surface area contributed by atoms with E-state index in [4.69, 9.17) is 0 Å². The molecule has 0 fully saturated rings. The number of amides is 2. The first-order valence-electron chi connectivity index (χ1n) is 7.13. The Morgan fingerprint density at radius 2 is 1.95 bits per heavy atom. The van der Waals surface area contributed by atoms with Crippen LogP contribution in [0, 0.1) is 5.82 Å². The molecule has 1 aliphatic heterocycles. The number of rotatable bonds is 5. The van der Waals surface area contributed by atoms with Crippen LogP contribution in [0.4, 0.5) is 10.1 Å². The predicted molar refractivity (Wildman–Crippen MR) is 86.4 cm³/mol. The van der Waals surface area contributed by atoms with Crippen molar-refractivity contribution in [2.24, 2.45) is 4.99 Å². The van der Waals surface area contributed by atoms with Crippen molar-refractivity contribution < 1.29 is 14.0 Å². The van der Waals surface area contributed by atoms with E-state index in [0.29, 0.717) is 10.9 Å². The first kappa shape index (κ1) is 16.5. The number of carbonyl (C=O) groups excluding carboxylic acids is 2. The van der Waals surface area contributed by atoms with E-state index in [0.717, 1.165) is 13.1 Å². The highest BCUT2D eigenvalue weighted by Crippen LogP contribution is 2.27. The van der Waals surface area contributed by atoms with Crippen LogP contribution in [0.3, 0.4) is 0 Å². The second kappa shape index (κ2) is 7.40. The topological polar surface area (TPSA) is 61.8 Å². The molecule has 22 heavy (non-hydrogen) atoms. The van der Waals surface area contributed by atoms with Crippen LogP contribution in [0.5, 0.6) is 0 Å². The van der Waals surface area contributed by atoms with Crippen molar-refractivity contribution in [1.29, 1.82) is 0 Å². The van der Waals surface area contributed by atoms with Gasteiger partial charge in [-0.1, -0.05) is 11.8 Å². The molecule has 0 aliphatic carbocycles. The zero-order valence-corrected chi connectivity index (χ0v) is 13.3. The van der Waals surface area contributed by atoms with Crippen LogP contribution in [0.15, 0.2) is 29.3 Å². The molecule has 1 atom stereocenters. The zero-order valence-electron chi connectivity index (χ0n) is 12.5. The van der Waals surface area contributed by atoms with Gasteiger partial charge in [0.2, 0.25) is 5.91 Å². The Labute approximate surface area is 133 Å². The summed E-state index contributed by atoms with van der Waals surface area (Å²) in [7, 11) is 0. The van der Waals surface area contributed by atoms with Gasteiger partial charge in [0.25, 0.3) is 5.91 Å². The molecule has 1 aliphatic rings. The SMILES string of the molecule is CCN(CC)C1=NC(=O)C(CC(=O)Nc2ccc(F)cc2)S1. The van der Waals surface area contributed by atoms with Gasteiger partial charge in [-0.25, -0.2) is 4.39 Å². The molecule has 0 bridgehead atoms. The summed E-state index contributed by atoms with van der Waals surface area (Å²) in [5, 5.41) is 2.84. The second-order valence-electron chi connectivity index (χ2n) is 4.77. The van der Waals surface area contributed by atoms with E-state index in [2.05, 4.69) is 10.3 Å². The van der Waals surface area contributed by atoms with Crippen LogP contribution < -0.4 is 5.32 Å². The Kier molecular flexibility index (Phi) is 5.54. The summed E-state index contributed by atoms with van der Waals surface area (Å²) in [5.41, 5.74) is 0.506. The number of thioether (sulfide) groups is 1. The highest BCUT2D eigenvalue weighted by Gasteiger charge is 2.32. The molecule has 7 heteroatoms. The van der Waals surface area contributed by atoms with Gasteiger partial charge in [-0.2, -0.15) is 4.99 Å². The highest BCUT2D eigenvalue weighted by molar-refractivity contribution is 8.15. The van der Waals surface area contributed by atoms with E-state index in [9.17, 15) is 14.0 Å². The molecule has 0 saturated carbocycles. The molecule has 1 unspecified atom stereocenters. The number of halogens is 1. The van der Waals surface area contributed by atoms with E-state index >= 15 is 0 Å². The molecule has 0 radical (unpaired) electrons. The van der Waals surface area contributed by atoms with E-state index in [1.807, 2.05) is 18.7 Å². The minimum absolute atomic E-state index is 0.0507. The predicted octanol–water partition coefficient (Wildman–Crippen LogP) is 2.49. The van der Waals surface area contributed by atoms with Gasteiger partial charge in [0.1, 0.15) is 11.1 Å². The number of benzene rings is 1. The molecule has 5 nitrogen and oxygen atoms in total. The van der Waals surface area contributed by atoms with Crippen LogP contribution in [0.25, 0.3) is 0 Å². The molecule has 1 N–H and O–H groups in total. The quantitative estimate of drug-likeness (QED) is 0.904. The van der Waals surface area contributed by atoms with Crippen molar-refractivity contribution >= 4 is 34.4 Å². The third-order valence-electron chi connectivity index (χ3n) is 3.26. The second-order valence-corrected chi connectivity index (χ2v) is 5.94. The van der Waals surface area contributed by atoms with Crippen LogP contribution in [-0.4, -0.2) is 40.2 Å². The molecule has 1 aromatic carbocycles. The summed E-state index contributed by atoms with van der Waals surface area (Å²) in [6, 6.07) is 5.50. The highest BCUT2D eigenvalue weighted by atomic mass is 32.2. The number of nitrogens with one attached hydrogen (secondary N) is 1. The summed E-state index contributed by atoms with van der Waals surface area (Å²) < 4.78 is 12.8. The van der Waals surface area contributed by atoms with Crippen molar-refractivity contribution in [2.45, 2.75) is 25.5 Å². The first-order chi connectivity index (χ1) is 10.5. The Morgan fingerprint density at radius 1 is 1.32 bits per heavy atom. The van der Waals surface area contributed by atoms with Gasteiger partial charge in [-0.3, -0.25) is 9.59 Å². The standard InChI is InChI=1S/C15H18FN3O2S/c1-3-19(4-2)15-18-14(21)12(22-15)9-13(20)17-11-7-5-10(16)6-8-11/h5-8,12H,3-4,9H2,1-2H3,(H,17,20). The molecular weight excluding hydrogens is 305 g/mol. The fourth-order valence-electron chi connectivity index (χ4n) is 2.05. The maximum atomic E-state index is 12.8. The average Bonchev–Trinajstić information content (AvgIpc) is 2.84. The van der Waals surface area contributed by atoms with E-state index < -0.39 is 5.25 Å². The van der Waals surface area contributed by atoms with Crippen molar-refractivity contribution in [3.05, 3.63) is 30.1 Å². The molecule has 0 aromatic heterocycles. The minimum atomic E-state index is -0.490. The number of anilines is 1. The number of hydrogen-bond donors (Lipinski definition) is 1. The van der Waals surface area contributed by atoms with Gasteiger partial charge in [0.05, 0.1) is 0 Å². The zero-order chi connectivity index (χ0) is 16.1. The summed E-state index contributed by atoms with van der Waals surface area (Å²) >= 11 is 1.32. The minimum Gasteiger partial charge on any atom is -0.352 e. The monoisotopic (exact) mass is 323 g/mol. The Bertz CT molecular complexity index is 585. The van der Waals surface area contributed by atoms with Gasteiger partial charge in [-0.15, -0.1) is 0 Å². The van der Waals surface area contributed by atoms with Crippen molar-refractivity contribution in [2.75, 3.05) is 18.4 Å². The maximum Gasteiger partial charge on any atom is 0.262 e. The van der Waals surface area contributed by atoms with Crippen LogP contribution in [-0.2, 0) is 9.59 Å². The van der Waals surface area contributed by atoms with Gasteiger partial charge in [0.15, 0.2) is 5.17 Å². The first-order valence-corrected chi connectivity index (χ1v) is 8.01. The van der Waals surface area contributed by atoms with E-state index in [1.165, 1.54) is 36.0 Å². The summed E-state index contributed by atoms with van der Waals surface area (Å²) in [6.45, 7) is 5.52. The largest absolute Gasteiger partial charge is 0.352 e. The third-order valence-corrected chi connectivity index (χ3v) is 4.47. The van der Waals surface area contributed by atoms with Crippen LogP contribution >= 0.6 is 11.8 Å². The molecule has 2 rings (SSSR count). The smallest absolute Gasteiger partial charge is 0.262 e. The molecule has 1 heterocycles. The number of nitrogens with zero attached hydrogens (tertiary/aromatic N) is 2. The lowest BCUT2D eigenvalue weighted by Gasteiger charge is -2.19. The van der Waals surface area contributed by atoms with Crippen LogP contribution in [0.2, 0.25) is 0 Å². The summed E-state index contributed by atoms with van der Waals surface area (Å²) in [4.78, 5) is 29.9. The summed E-state index contributed by atoms with van der Waals surface area (Å²) in [5.74, 6) is -0.925. The summed E-state index contributed by atoms with van der Waals surface area (Å²) in [6.07, 6.45) is 0.0507. The molecule has 0 spiro atoms. The maximum absolute atomic E-state index is 12.8. The van der Waals surface area contributed by atoms with Crippen molar-refractivity contribution in [1.82, 2.24) is 4.90 Å². The lowest BCUT2D eigenvalue weighted by molar-refractivity contribution is -0.121. The molecule has 118 valence electrons. The number of amidine groups is 1. The lowest BCUT2D eigenvalue weighted by Crippen LogP contribution is -2.27.